The molecule has 2 heterocycles. The van der Waals surface area contributed by atoms with E-state index in [2.05, 4.69) is 15.3 Å². The van der Waals surface area contributed by atoms with Crippen LogP contribution in [-0.4, -0.2) is 9.97 Å². The van der Waals surface area contributed by atoms with Crippen LogP contribution in [0.5, 0.6) is 0 Å². The second-order valence-corrected chi connectivity index (χ2v) is 5.52. The smallest absolute Gasteiger partial charge is 0.248 e. The molecular weight excluding hydrogens is 246 g/mol. The molecule has 5 heteroatoms. The number of H-pyrrole nitrogens is 1. The van der Waals surface area contributed by atoms with E-state index in [-0.39, 0.29) is 5.56 Å². The van der Waals surface area contributed by atoms with Gasteiger partial charge in [0.15, 0.2) is 0 Å². The van der Waals surface area contributed by atoms with Gasteiger partial charge in [0.1, 0.15) is 0 Å². The molecule has 2 aromatic rings. The molecule has 94 valence electrons. The van der Waals surface area contributed by atoms with Gasteiger partial charge in [-0.2, -0.15) is 0 Å². The molecule has 4 nitrogen and oxygen atoms in total. The summed E-state index contributed by atoms with van der Waals surface area (Å²) in [5.74, 6) is 0. The molecule has 0 amide bonds. The number of hydrogen-bond acceptors (Lipinski definition) is 4. The second-order valence-electron chi connectivity index (χ2n) is 4.55. The van der Waals surface area contributed by atoms with E-state index < -0.39 is 0 Å². The molecule has 0 bridgehead atoms. The van der Waals surface area contributed by atoms with Crippen molar-refractivity contribution in [2.24, 2.45) is 0 Å². The number of aromatic nitrogens is 2. The van der Waals surface area contributed by atoms with Gasteiger partial charge in [0.05, 0.1) is 5.51 Å². The van der Waals surface area contributed by atoms with Crippen LogP contribution < -0.4 is 10.9 Å². The van der Waals surface area contributed by atoms with Crippen molar-refractivity contribution in [3.63, 3.8) is 0 Å². The van der Waals surface area contributed by atoms with Crippen molar-refractivity contribution in [3.8, 4) is 0 Å². The molecule has 1 unspecified atom stereocenters. The largest absolute Gasteiger partial charge is 0.326 e. The predicted molar refractivity (Wildman–Crippen MR) is 71.7 cm³/mol. The van der Waals surface area contributed by atoms with E-state index >= 15 is 0 Å². The van der Waals surface area contributed by atoms with E-state index in [4.69, 9.17) is 0 Å². The fraction of sp³-hybridized carbons (Fsp3) is 0.385. The first-order valence-corrected chi connectivity index (χ1v) is 7.04. The summed E-state index contributed by atoms with van der Waals surface area (Å²) in [6, 6.07) is 3.91. The first kappa shape index (κ1) is 11.6. The number of nitrogens with one attached hydrogen (secondary N) is 2. The normalized spacial score (nSPS) is 18.6. The van der Waals surface area contributed by atoms with E-state index in [1.807, 2.05) is 17.8 Å². The Morgan fingerprint density at radius 2 is 2.44 bits per heavy atom. The Labute approximate surface area is 109 Å². The van der Waals surface area contributed by atoms with E-state index in [1.54, 1.807) is 17.4 Å². The average molecular weight is 261 g/mol. The van der Waals surface area contributed by atoms with Crippen LogP contribution >= 0.6 is 11.3 Å². The maximum Gasteiger partial charge on any atom is 0.248 e. The number of thiazole rings is 1. The van der Waals surface area contributed by atoms with Crippen LogP contribution in [-0.2, 0) is 13.0 Å². The Kier molecular flexibility index (Phi) is 3.25. The molecule has 1 aliphatic carbocycles. The van der Waals surface area contributed by atoms with Gasteiger partial charge < -0.3 is 10.3 Å². The van der Waals surface area contributed by atoms with Gasteiger partial charge in [-0.15, -0.1) is 11.3 Å². The summed E-state index contributed by atoms with van der Waals surface area (Å²) in [6.45, 7) is 0.841. The lowest BCUT2D eigenvalue weighted by Gasteiger charge is -2.25. The third-order valence-corrected chi connectivity index (χ3v) is 4.12. The van der Waals surface area contributed by atoms with Crippen molar-refractivity contribution < 1.29 is 0 Å². The van der Waals surface area contributed by atoms with Crippen LogP contribution in [0.15, 0.2) is 28.6 Å². The third kappa shape index (κ3) is 2.37. The zero-order valence-electron chi connectivity index (χ0n) is 9.98. The summed E-state index contributed by atoms with van der Waals surface area (Å²) in [5.41, 5.74) is 4.18. The van der Waals surface area contributed by atoms with Gasteiger partial charge in [-0.1, -0.05) is 6.07 Å². The summed E-state index contributed by atoms with van der Waals surface area (Å²) in [5, 5.41) is 3.55. The van der Waals surface area contributed by atoms with Gasteiger partial charge in [0, 0.05) is 35.4 Å². The van der Waals surface area contributed by atoms with Crippen molar-refractivity contribution in [3.05, 3.63) is 50.3 Å². The summed E-state index contributed by atoms with van der Waals surface area (Å²) in [7, 11) is 0. The molecule has 1 atom stereocenters. The fourth-order valence-corrected chi connectivity index (χ4v) is 3.01. The number of fused-ring (bicyclic) bond motifs is 1. The molecule has 0 radical (unpaired) electrons. The Bertz CT molecular complexity index is 576. The average Bonchev–Trinajstić information content (AvgIpc) is 2.89. The van der Waals surface area contributed by atoms with Crippen LogP contribution in [0.25, 0.3) is 0 Å². The van der Waals surface area contributed by atoms with Crippen LogP contribution in [0, 0.1) is 0 Å². The number of hydrogen-bond donors (Lipinski definition) is 2. The van der Waals surface area contributed by atoms with Crippen LogP contribution in [0.3, 0.4) is 0 Å². The highest BCUT2D eigenvalue weighted by Crippen LogP contribution is 2.27. The van der Waals surface area contributed by atoms with Crippen LogP contribution in [0.1, 0.15) is 35.0 Å². The van der Waals surface area contributed by atoms with E-state index in [9.17, 15) is 4.79 Å². The van der Waals surface area contributed by atoms with Gasteiger partial charge in [-0.3, -0.25) is 9.78 Å². The lowest BCUT2D eigenvalue weighted by molar-refractivity contribution is 0.455. The molecule has 0 spiro atoms. The quantitative estimate of drug-likeness (QED) is 0.888. The van der Waals surface area contributed by atoms with Gasteiger partial charge in [-0.25, -0.2) is 0 Å². The van der Waals surface area contributed by atoms with Gasteiger partial charge >= 0.3 is 0 Å². The molecule has 0 saturated heterocycles. The van der Waals surface area contributed by atoms with Crippen molar-refractivity contribution in [1.82, 2.24) is 15.3 Å². The molecule has 3 rings (SSSR count). The summed E-state index contributed by atoms with van der Waals surface area (Å²) in [6.07, 6.45) is 5.11. The maximum absolute atomic E-state index is 11.3. The molecule has 2 aromatic heterocycles. The zero-order chi connectivity index (χ0) is 12.4. The van der Waals surface area contributed by atoms with Crippen LogP contribution in [0.4, 0.5) is 0 Å². The fourth-order valence-electron chi connectivity index (χ4n) is 2.47. The number of nitrogens with zero attached hydrogens (tertiary/aromatic N) is 1. The van der Waals surface area contributed by atoms with Crippen molar-refractivity contribution in [2.45, 2.75) is 31.8 Å². The predicted octanol–water partition coefficient (Wildman–Crippen LogP) is 2.00. The van der Waals surface area contributed by atoms with Crippen molar-refractivity contribution >= 4 is 11.3 Å². The third-order valence-electron chi connectivity index (χ3n) is 3.34. The van der Waals surface area contributed by atoms with Crippen molar-refractivity contribution in [2.75, 3.05) is 0 Å². The Balaban J connectivity index is 1.77. The summed E-state index contributed by atoms with van der Waals surface area (Å²) < 4.78 is 0. The Morgan fingerprint density at radius 3 is 3.28 bits per heavy atom. The molecule has 1 aliphatic rings. The Hall–Kier alpha value is -1.46. The lowest BCUT2D eigenvalue weighted by atomic mass is 9.91. The van der Waals surface area contributed by atoms with Gasteiger partial charge in [0.25, 0.3) is 0 Å². The number of pyridine rings is 1. The standard InChI is InChI=1S/C13H15N3OS/c17-13-5-4-10-11(2-1-3-12(10)16-13)15-7-9-6-14-8-18-9/h4-6,8,11,15H,1-3,7H2,(H,16,17). The Morgan fingerprint density at radius 1 is 1.50 bits per heavy atom. The second kappa shape index (κ2) is 5.04. The lowest BCUT2D eigenvalue weighted by Crippen LogP contribution is -2.26. The molecule has 0 aromatic carbocycles. The van der Waals surface area contributed by atoms with E-state index in [0.717, 1.165) is 31.5 Å². The monoisotopic (exact) mass is 261 g/mol. The maximum atomic E-state index is 11.3. The van der Waals surface area contributed by atoms with E-state index in [0.29, 0.717) is 6.04 Å². The molecule has 2 N–H and O–H groups in total. The highest BCUT2D eigenvalue weighted by molar-refractivity contribution is 7.09. The molecular formula is C13H15N3OS. The summed E-state index contributed by atoms with van der Waals surface area (Å²) in [4.78, 5) is 19.6. The number of aryl methyl sites for hydroxylation is 1. The number of aromatic amines is 1. The first-order valence-electron chi connectivity index (χ1n) is 6.16. The highest BCUT2D eigenvalue weighted by Gasteiger charge is 2.20. The molecule has 0 aliphatic heterocycles. The number of rotatable bonds is 3. The topological polar surface area (TPSA) is 57.8 Å². The van der Waals surface area contributed by atoms with Crippen molar-refractivity contribution in [1.29, 1.82) is 0 Å². The highest BCUT2D eigenvalue weighted by atomic mass is 32.1. The minimum atomic E-state index is -0.00291. The first-order chi connectivity index (χ1) is 8.83. The van der Waals surface area contributed by atoms with Crippen LogP contribution in [0.2, 0.25) is 0 Å². The zero-order valence-corrected chi connectivity index (χ0v) is 10.8. The minimum absolute atomic E-state index is 0.00291. The molecule has 18 heavy (non-hydrogen) atoms. The summed E-state index contributed by atoms with van der Waals surface area (Å²) >= 11 is 1.66. The minimum Gasteiger partial charge on any atom is -0.326 e. The molecule has 0 fully saturated rings. The SMILES string of the molecule is O=c1ccc2c([nH]1)CCCC2NCc1cncs1. The van der Waals surface area contributed by atoms with Gasteiger partial charge in [0.2, 0.25) is 5.56 Å². The van der Waals surface area contributed by atoms with E-state index in [1.165, 1.54) is 10.4 Å². The van der Waals surface area contributed by atoms with Gasteiger partial charge in [-0.05, 0) is 24.8 Å². The molecule has 0 saturated carbocycles.